The van der Waals surface area contributed by atoms with Gasteiger partial charge < -0.3 is 14.2 Å². The highest BCUT2D eigenvalue weighted by Gasteiger charge is 2.22. The molecule has 0 fully saturated rings. The van der Waals surface area contributed by atoms with Crippen molar-refractivity contribution < 1.29 is 19.2 Å². The standard InChI is InChI=1S/C12H17N3O5/c1-4-14(6-5-11(16)20-3)12(17)10-7-9(15(18)19)8-13(10)2/h7-8H,4-6H2,1-3H3. The summed E-state index contributed by atoms with van der Waals surface area (Å²) in [5.41, 5.74) is 0.0725. The Balaban J connectivity index is 2.85. The van der Waals surface area contributed by atoms with Crippen molar-refractivity contribution in [2.24, 2.45) is 7.05 Å². The second-order valence-electron chi connectivity index (χ2n) is 4.16. The largest absolute Gasteiger partial charge is 0.469 e. The predicted molar refractivity (Wildman–Crippen MR) is 70.3 cm³/mol. The summed E-state index contributed by atoms with van der Waals surface area (Å²) in [4.78, 5) is 34.9. The van der Waals surface area contributed by atoms with E-state index in [1.54, 1.807) is 14.0 Å². The third kappa shape index (κ3) is 3.56. The first kappa shape index (κ1) is 15.7. The van der Waals surface area contributed by atoms with E-state index in [0.717, 1.165) is 0 Å². The predicted octanol–water partition coefficient (Wildman–Crippen LogP) is 0.958. The fourth-order valence-electron chi connectivity index (χ4n) is 1.75. The Bertz CT molecular complexity index is 523. The highest BCUT2D eigenvalue weighted by molar-refractivity contribution is 5.93. The molecule has 0 aliphatic heterocycles. The molecule has 110 valence electrons. The summed E-state index contributed by atoms with van der Waals surface area (Å²) in [6.07, 6.45) is 1.37. The Morgan fingerprint density at radius 2 is 2.15 bits per heavy atom. The van der Waals surface area contributed by atoms with Gasteiger partial charge in [-0.3, -0.25) is 19.7 Å². The zero-order chi connectivity index (χ0) is 15.3. The van der Waals surface area contributed by atoms with Gasteiger partial charge in [-0.25, -0.2) is 0 Å². The molecular formula is C12H17N3O5. The molecule has 0 aliphatic rings. The van der Waals surface area contributed by atoms with Gasteiger partial charge in [0.15, 0.2) is 0 Å². The van der Waals surface area contributed by atoms with Crippen LogP contribution < -0.4 is 0 Å². The average molecular weight is 283 g/mol. The van der Waals surface area contributed by atoms with Crippen LogP contribution in [0.4, 0.5) is 5.69 Å². The maximum absolute atomic E-state index is 12.3. The van der Waals surface area contributed by atoms with Gasteiger partial charge >= 0.3 is 5.97 Å². The summed E-state index contributed by atoms with van der Waals surface area (Å²) < 4.78 is 5.92. The number of esters is 1. The fourth-order valence-corrected chi connectivity index (χ4v) is 1.75. The van der Waals surface area contributed by atoms with Crippen molar-refractivity contribution in [3.05, 3.63) is 28.1 Å². The quantitative estimate of drug-likeness (QED) is 0.440. The van der Waals surface area contributed by atoms with Crippen molar-refractivity contribution in [2.75, 3.05) is 20.2 Å². The van der Waals surface area contributed by atoms with Gasteiger partial charge in [0.05, 0.1) is 24.7 Å². The zero-order valence-corrected chi connectivity index (χ0v) is 11.7. The third-order valence-corrected chi connectivity index (χ3v) is 2.90. The van der Waals surface area contributed by atoms with Crippen molar-refractivity contribution in [1.82, 2.24) is 9.47 Å². The van der Waals surface area contributed by atoms with Crippen molar-refractivity contribution in [3.63, 3.8) is 0 Å². The van der Waals surface area contributed by atoms with E-state index in [9.17, 15) is 19.7 Å². The van der Waals surface area contributed by atoms with Gasteiger partial charge in [-0.1, -0.05) is 0 Å². The summed E-state index contributed by atoms with van der Waals surface area (Å²) in [6.45, 7) is 2.38. The van der Waals surface area contributed by atoms with Crippen LogP contribution in [-0.2, 0) is 16.6 Å². The van der Waals surface area contributed by atoms with Gasteiger partial charge in [0.2, 0.25) is 0 Å². The van der Waals surface area contributed by atoms with Crippen LogP contribution in [0, 0.1) is 10.1 Å². The summed E-state index contributed by atoms with van der Waals surface area (Å²) in [5, 5.41) is 10.7. The molecule has 0 saturated carbocycles. The van der Waals surface area contributed by atoms with Crippen LogP contribution in [0.3, 0.4) is 0 Å². The number of carbonyl (C=O) groups excluding carboxylic acids is 2. The van der Waals surface area contributed by atoms with Crippen LogP contribution >= 0.6 is 0 Å². The molecule has 8 heteroatoms. The maximum atomic E-state index is 12.3. The molecule has 0 atom stereocenters. The molecule has 8 nitrogen and oxygen atoms in total. The van der Waals surface area contributed by atoms with E-state index in [1.165, 1.54) is 28.8 Å². The second-order valence-corrected chi connectivity index (χ2v) is 4.16. The van der Waals surface area contributed by atoms with E-state index >= 15 is 0 Å². The Kier molecular flexibility index (Phi) is 5.24. The number of ether oxygens (including phenoxy) is 1. The smallest absolute Gasteiger partial charge is 0.307 e. The van der Waals surface area contributed by atoms with E-state index in [0.29, 0.717) is 6.54 Å². The number of amides is 1. The van der Waals surface area contributed by atoms with Crippen LogP contribution in [0.15, 0.2) is 12.3 Å². The number of aromatic nitrogens is 1. The number of aryl methyl sites for hydroxylation is 1. The van der Waals surface area contributed by atoms with E-state index in [1.807, 2.05) is 0 Å². The zero-order valence-electron chi connectivity index (χ0n) is 11.7. The minimum absolute atomic E-state index is 0.0859. The monoisotopic (exact) mass is 283 g/mol. The molecule has 0 saturated heterocycles. The van der Waals surface area contributed by atoms with Crippen molar-refractivity contribution in [3.8, 4) is 0 Å². The minimum Gasteiger partial charge on any atom is -0.469 e. The maximum Gasteiger partial charge on any atom is 0.307 e. The molecule has 0 aliphatic carbocycles. The first-order chi connectivity index (χ1) is 9.40. The van der Waals surface area contributed by atoms with Crippen LogP contribution in [0.25, 0.3) is 0 Å². The lowest BCUT2D eigenvalue weighted by Crippen LogP contribution is -2.34. The van der Waals surface area contributed by atoms with Gasteiger partial charge in [0.25, 0.3) is 11.6 Å². The van der Waals surface area contributed by atoms with Crippen LogP contribution in [0.5, 0.6) is 0 Å². The number of hydrogen-bond acceptors (Lipinski definition) is 5. The first-order valence-corrected chi connectivity index (χ1v) is 6.07. The number of methoxy groups -OCH3 is 1. The van der Waals surface area contributed by atoms with Gasteiger partial charge in [0, 0.05) is 26.2 Å². The number of nitro groups is 1. The first-order valence-electron chi connectivity index (χ1n) is 6.07. The Morgan fingerprint density at radius 3 is 2.60 bits per heavy atom. The van der Waals surface area contributed by atoms with Gasteiger partial charge in [-0.05, 0) is 6.92 Å². The molecule has 0 spiro atoms. The highest BCUT2D eigenvalue weighted by Crippen LogP contribution is 2.17. The van der Waals surface area contributed by atoms with Crippen LogP contribution in [0.1, 0.15) is 23.8 Å². The van der Waals surface area contributed by atoms with Gasteiger partial charge in [-0.15, -0.1) is 0 Å². The minimum atomic E-state index is -0.554. The van der Waals surface area contributed by atoms with Gasteiger partial charge in [0.1, 0.15) is 5.69 Å². The Hall–Kier alpha value is -2.38. The highest BCUT2D eigenvalue weighted by atomic mass is 16.6. The molecule has 20 heavy (non-hydrogen) atoms. The molecule has 1 heterocycles. The molecule has 1 aromatic heterocycles. The summed E-state index contributed by atoms with van der Waals surface area (Å²) in [5.74, 6) is -0.763. The van der Waals surface area contributed by atoms with Crippen molar-refractivity contribution in [2.45, 2.75) is 13.3 Å². The second kappa shape index (κ2) is 6.69. The van der Waals surface area contributed by atoms with E-state index in [-0.39, 0.29) is 30.3 Å². The normalized spacial score (nSPS) is 10.2. The molecule has 0 N–H and O–H groups in total. The number of hydrogen-bond donors (Lipinski definition) is 0. The van der Waals surface area contributed by atoms with E-state index in [4.69, 9.17) is 0 Å². The number of nitrogens with zero attached hydrogens (tertiary/aromatic N) is 3. The van der Waals surface area contributed by atoms with Crippen molar-refractivity contribution in [1.29, 1.82) is 0 Å². The summed E-state index contributed by atoms with van der Waals surface area (Å²) >= 11 is 0. The van der Waals surface area contributed by atoms with Crippen LogP contribution in [0.2, 0.25) is 0 Å². The number of carbonyl (C=O) groups is 2. The molecule has 1 aromatic rings. The van der Waals surface area contributed by atoms with Gasteiger partial charge in [-0.2, -0.15) is 0 Å². The molecule has 1 amide bonds. The summed E-state index contributed by atoms with van der Waals surface area (Å²) in [7, 11) is 2.84. The lowest BCUT2D eigenvalue weighted by molar-refractivity contribution is -0.384. The van der Waals surface area contributed by atoms with Crippen LogP contribution in [-0.4, -0.2) is 46.5 Å². The molecule has 0 bridgehead atoms. The molecular weight excluding hydrogens is 266 g/mol. The van der Waals surface area contributed by atoms with E-state index in [2.05, 4.69) is 4.74 Å². The topological polar surface area (TPSA) is 94.7 Å². The summed E-state index contributed by atoms with van der Waals surface area (Å²) in [6, 6.07) is 1.23. The SMILES string of the molecule is CCN(CCC(=O)OC)C(=O)c1cc([N+](=O)[O-])cn1C. The molecule has 0 unspecified atom stereocenters. The third-order valence-electron chi connectivity index (χ3n) is 2.90. The molecule has 1 rings (SSSR count). The fraction of sp³-hybridized carbons (Fsp3) is 0.500. The lowest BCUT2D eigenvalue weighted by Gasteiger charge is -2.20. The Morgan fingerprint density at radius 1 is 1.50 bits per heavy atom. The number of rotatable bonds is 6. The molecule has 0 aromatic carbocycles. The molecule has 0 radical (unpaired) electrons. The van der Waals surface area contributed by atoms with E-state index < -0.39 is 10.9 Å². The van der Waals surface area contributed by atoms with Crippen molar-refractivity contribution >= 4 is 17.6 Å². The average Bonchev–Trinajstić information content (AvgIpc) is 2.81. The Labute approximate surface area is 116 Å². The lowest BCUT2D eigenvalue weighted by atomic mass is 10.3.